The number of nitrogens with zero attached hydrogens (tertiary/aromatic N) is 1. The van der Waals surface area contributed by atoms with Crippen LogP contribution < -0.4 is 14.4 Å². The summed E-state index contributed by atoms with van der Waals surface area (Å²) < 4.78 is 53.2. The molecule has 0 aliphatic carbocycles. The molecule has 4 aromatic carbocycles. The van der Waals surface area contributed by atoms with Crippen LogP contribution in [0, 0.1) is 0 Å². The minimum atomic E-state index is -3.81. The molecule has 1 saturated heterocycles. The highest BCUT2D eigenvalue weighted by Gasteiger charge is 2.41. The van der Waals surface area contributed by atoms with E-state index in [0.29, 0.717) is 28.9 Å². The summed E-state index contributed by atoms with van der Waals surface area (Å²) in [5.41, 5.74) is 1.96. The highest BCUT2D eigenvalue weighted by molar-refractivity contribution is 7.90. The third-order valence-corrected chi connectivity index (χ3v) is 9.74. The third-order valence-electron chi connectivity index (χ3n) is 6.62. The maximum atomic E-state index is 14.3. The van der Waals surface area contributed by atoms with Crippen molar-refractivity contribution in [2.24, 2.45) is 0 Å². The van der Waals surface area contributed by atoms with Gasteiger partial charge in [0.15, 0.2) is 15.6 Å². The molecule has 1 aromatic heterocycles. The topological polar surface area (TPSA) is 121 Å². The molecule has 1 N–H and O–H groups in total. The van der Waals surface area contributed by atoms with E-state index in [-0.39, 0.29) is 4.90 Å². The van der Waals surface area contributed by atoms with E-state index < -0.39 is 23.2 Å². The van der Waals surface area contributed by atoms with Gasteiger partial charge in [-0.2, -0.15) is 0 Å². The zero-order valence-electron chi connectivity index (χ0n) is 25.9. The average Bonchev–Trinajstić information content (AvgIpc) is 3.70. The first kappa shape index (κ1) is 35.1. The van der Waals surface area contributed by atoms with Gasteiger partial charge in [-0.1, -0.05) is 72.8 Å². The molecule has 1 fully saturated rings. The summed E-state index contributed by atoms with van der Waals surface area (Å²) in [6.45, 7) is 2.00. The monoisotopic (exact) mass is 672 g/mol. The molecule has 2 heterocycles. The number of nitrogens with one attached hydrogen (secondary N) is 1. The van der Waals surface area contributed by atoms with Crippen LogP contribution in [0.2, 0.25) is 0 Å². The van der Waals surface area contributed by atoms with Gasteiger partial charge in [-0.05, 0) is 67.4 Å². The summed E-state index contributed by atoms with van der Waals surface area (Å²) in [7, 11) is -6.96. The number of ether oxygens (including phenoxy) is 1. The first-order valence-electron chi connectivity index (χ1n) is 14.9. The summed E-state index contributed by atoms with van der Waals surface area (Å²) in [6.07, 6.45) is 7.69. The Kier molecular flexibility index (Phi) is 13.3. The van der Waals surface area contributed by atoms with E-state index >= 15 is 0 Å². The smallest absolute Gasteiger partial charge is 0.414 e. The normalized spacial score (nSPS) is 13.0. The highest BCUT2D eigenvalue weighted by Crippen LogP contribution is 2.60. The van der Waals surface area contributed by atoms with E-state index in [1.54, 1.807) is 42.7 Å². The zero-order chi connectivity index (χ0) is 33.4. The Morgan fingerprint density at radius 3 is 1.72 bits per heavy atom. The highest BCUT2D eigenvalue weighted by atomic mass is 32.2. The fourth-order valence-corrected chi connectivity index (χ4v) is 6.79. The molecule has 5 aromatic rings. The number of hydrogen-bond acceptors (Lipinski definition) is 9. The van der Waals surface area contributed by atoms with Crippen LogP contribution in [0.15, 0.2) is 145 Å². The SMILES string of the molecule is C1CCOC1.CS(=O)(=O)c1ccc(C=O)cc1.O=P(Oc1ccccc1)(Oc1ccccc1)C(Nc1ccccc1)c1cccnc1. The summed E-state index contributed by atoms with van der Waals surface area (Å²) >= 11 is 0. The van der Waals surface area contributed by atoms with E-state index in [1.165, 1.54) is 37.1 Å². The van der Waals surface area contributed by atoms with Gasteiger partial charge >= 0.3 is 7.60 Å². The quantitative estimate of drug-likeness (QED) is 0.115. The molecule has 1 aliphatic heterocycles. The lowest BCUT2D eigenvalue weighted by Gasteiger charge is -2.29. The molecule has 1 atom stereocenters. The van der Waals surface area contributed by atoms with E-state index in [4.69, 9.17) is 13.8 Å². The summed E-state index contributed by atoms with van der Waals surface area (Å²) in [4.78, 5) is 14.7. The maximum absolute atomic E-state index is 14.3. The second-order valence-corrected chi connectivity index (χ2v) is 14.3. The number of sulfone groups is 1. The Hall–Kier alpha value is -4.76. The number of para-hydroxylation sites is 3. The molecular weight excluding hydrogens is 635 g/mol. The van der Waals surface area contributed by atoms with Gasteiger partial charge in [0.2, 0.25) is 0 Å². The first-order valence-corrected chi connectivity index (χ1v) is 18.4. The average molecular weight is 673 g/mol. The second-order valence-electron chi connectivity index (χ2n) is 10.3. The van der Waals surface area contributed by atoms with Crippen molar-refractivity contribution in [1.82, 2.24) is 4.98 Å². The lowest BCUT2D eigenvalue weighted by atomic mass is 10.2. The molecule has 0 radical (unpaired) electrons. The predicted molar refractivity (Wildman–Crippen MR) is 184 cm³/mol. The van der Waals surface area contributed by atoms with Gasteiger partial charge in [0.1, 0.15) is 17.8 Å². The molecule has 0 saturated carbocycles. The van der Waals surface area contributed by atoms with Gasteiger partial charge in [0, 0.05) is 48.7 Å². The predicted octanol–water partition coefficient (Wildman–Crippen LogP) is 8.24. The van der Waals surface area contributed by atoms with Gasteiger partial charge < -0.3 is 19.1 Å². The van der Waals surface area contributed by atoms with Crippen molar-refractivity contribution in [2.75, 3.05) is 24.8 Å². The summed E-state index contributed by atoms with van der Waals surface area (Å²) in [6, 6.07) is 37.0. The van der Waals surface area contributed by atoms with Gasteiger partial charge in [-0.3, -0.25) is 9.78 Å². The number of aldehydes is 1. The van der Waals surface area contributed by atoms with Gasteiger partial charge in [0.25, 0.3) is 0 Å². The lowest BCUT2D eigenvalue weighted by molar-refractivity contribution is 0.112. The van der Waals surface area contributed by atoms with Crippen LogP contribution in [0.3, 0.4) is 0 Å². The van der Waals surface area contributed by atoms with E-state index in [1.807, 2.05) is 72.8 Å². The molecule has 0 spiro atoms. The molecule has 47 heavy (non-hydrogen) atoms. The fourth-order valence-electron chi connectivity index (χ4n) is 4.26. The van der Waals surface area contributed by atoms with Crippen molar-refractivity contribution >= 4 is 29.4 Å². The number of carbonyl (C=O) groups excluding carboxylic acids is 1. The largest absolute Gasteiger partial charge is 0.457 e. The number of aromatic nitrogens is 1. The van der Waals surface area contributed by atoms with Crippen LogP contribution in [-0.2, 0) is 19.1 Å². The Balaban J connectivity index is 0.000000240. The van der Waals surface area contributed by atoms with Crippen LogP contribution in [0.25, 0.3) is 0 Å². The summed E-state index contributed by atoms with van der Waals surface area (Å²) in [5.74, 6) is 0.134. The van der Waals surface area contributed by atoms with Crippen molar-refractivity contribution in [3.8, 4) is 11.5 Å². The Labute approximate surface area is 276 Å². The Morgan fingerprint density at radius 2 is 1.30 bits per heavy atom. The van der Waals surface area contributed by atoms with Crippen molar-refractivity contribution in [3.05, 3.63) is 151 Å². The number of rotatable bonds is 10. The molecule has 1 unspecified atom stereocenters. The molecule has 11 heteroatoms. The molecule has 6 rings (SSSR count). The van der Waals surface area contributed by atoms with Crippen LogP contribution in [0.1, 0.15) is 34.5 Å². The molecule has 244 valence electrons. The van der Waals surface area contributed by atoms with Crippen LogP contribution in [0.5, 0.6) is 11.5 Å². The number of benzene rings is 4. The van der Waals surface area contributed by atoms with Gasteiger partial charge in [-0.15, -0.1) is 0 Å². The Morgan fingerprint density at radius 1 is 0.766 bits per heavy atom. The second kappa shape index (κ2) is 17.8. The number of hydrogen-bond donors (Lipinski definition) is 1. The standard InChI is InChI=1S/C24H21N2O3P.C8H8O3S.C4H8O/c27-30(28-22-14-6-2-7-15-22,29-23-16-8-3-9-17-23)24(20-11-10-18-25-19-20)26-21-12-4-1-5-13-21;1-12(10,11)8-4-2-7(6-9)3-5-8;1-2-4-5-3-1/h1-19,24,26H;2-6H,1H3;1-4H2. The zero-order valence-corrected chi connectivity index (χ0v) is 27.6. The molecule has 9 nitrogen and oxygen atoms in total. The van der Waals surface area contributed by atoms with Crippen molar-refractivity contribution in [2.45, 2.75) is 23.5 Å². The number of pyridine rings is 1. The minimum Gasteiger partial charge on any atom is -0.414 e. The van der Waals surface area contributed by atoms with E-state index in [9.17, 15) is 17.8 Å². The van der Waals surface area contributed by atoms with Crippen LogP contribution >= 0.6 is 7.60 Å². The van der Waals surface area contributed by atoms with Crippen molar-refractivity contribution in [1.29, 1.82) is 0 Å². The number of anilines is 1. The molecule has 0 amide bonds. The number of carbonyl (C=O) groups is 1. The molecule has 1 aliphatic rings. The van der Waals surface area contributed by atoms with E-state index in [2.05, 4.69) is 10.3 Å². The Bertz CT molecular complexity index is 1740. The third kappa shape index (κ3) is 11.5. The first-order chi connectivity index (χ1) is 22.8. The summed E-state index contributed by atoms with van der Waals surface area (Å²) in [5, 5.41) is 3.32. The molecular formula is C36H37N2O7PS. The van der Waals surface area contributed by atoms with Gasteiger partial charge in [0.05, 0.1) is 4.90 Å². The molecule has 0 bridgehead atoms. The van der Waals surface area contributed by atoms with E-state index in [0.717, 1.165) is 25.2 Å². The van der Waals surface area contributed by atoms with Crippen molar-refractivity contribution in [3.63, 3.8) is 0 Å². The van der Waals surface area contributed by atoms with Crippen LogP contribution in [0.4, 0.5) is 5.69 Å². The maximum Gasteiger partial charge on any atom is 0.457 e. The van der Waals surface area contributed by atoms with Gasteiger partial charge in [-0.25, -0.2) is 13.0 Å². The van der Waals surface area contributed by atoms with Crippen LogP contribution in [-0.4, -0.2) is 39.2 Å². The van der Waals surface area contributed by atoms with Crippen molar-refractivity contribution < 1.29 is 31.6 Å². The lowest BCUT2D eigenvalue weighted by Crippen LogP contribution is -2.18. The fraction of sp³-hybridized carbons (Fsp3) is 0.167. The minimum absolute atomic E-state index is 0.230.